The average molecular weight is 204 g/mol. The molecule has 0 aliphatic carbocycles. The van der Waals surface area contributed by atoms with E-state index in [4.69, 9.17) is 4.74 Å². The predicted molar refractivity (Wildman–Crippen MR) is 61.9 cm³/mol. The summed E-state index contributed by atoms with van der Waals surface area (Å²) >= 11 is 0. The Balaban J connectivity index is 2.11. The molecule has 1 aliphatic rings. The molecule has 1 aromatic rings. The highest BCUT2D eigenvalue weighted by Gasteiger charge is 2.22. The first kappa shape index (κ1) is 10.5. The molecule has 2 nitrogen and oxygen atoms in total. The van der Waals surface area contributed by atoms with Gasteiger partial charge in [0.05, 0.1) is 0 Å². The fourth-order valence-electron chi connectivity index (χ4n) is 2.10. The van der Waals surface area contributed by atoms with Crippen molar-refractivity contribution < 1.29 is 4.74 Å². The number of ether oxygens (including phenoxy) is 1. The Kier molecular flexibility index (Phi) is 3.62. The quantitative estimate of drug-likeness (QED) is 0.750. The van der Waals surface area contributed by atoms with Crippen molar-refractivity contribution in [2.24, 2.45) is 0 Å². The van der Waals surface area contributed by atoms with Gasteiger partial charge in [-0.05, 0) is 32.3 Å². The van der Waals surface area contributed by atoms with Crippen LogP contribution in [0.5, 0.6) is 0 Å². The summed E-state index contributed by atoms with van der Waals surface area (Å²) in [6, 6.07) is 11.4. The van der Waals surface area contributed by atoms with Crippen molar-refractivity contribution in [1.82, 2.24) is 0 Å². The van der Waals surface area contributed by atoms with Crippen LogP contribution in [0.1, 0.15) is 26.2 Å². The number of nitrogens with zero attached hydrogens (tertiary/aromatic N) is 1. The molecule has 0 aromatic heterocycles. The number of anilines is 1. The highest BCUT2D eigenvalue weighted by molar-refractivity contribution is 5.45. The van der Waals surface area contributed by atoms with Crippen LogP contribution >= 0.6 is 0 Å². The van der Waals surface area contributed by atoms with Gasteiger partial charge < -0.3 is 9.64 Å². The summed E-state index contributed by atoms with van der Waals surface area (Å²) < 4.78 is 5.76. The Bertz CT molecular complexity index is 284. The van der Waals surface area contributed by atoms with Crippen molar-refractivity contribution in [3.63, 3.8) is 0 Å². The summed E-state index contributed by atoms with van der Waals surface area (Å²) in [5, 5.41) is 0. The topological polar surface area (TPSA) is 12.5 Å². The van der Waals surface area contributed by atoms with E-state index >= 15 is 0 Å². The molecule has 0 saturated carbocycles. The molecule has 0 N–H and O–H groups in total. The standard InChI is InChI=1S/C13H18NO/c1-2-15-13-10-6-7-11-14(13)12-8-4-3-5-9-12/h3-5,8,13H,2,6-7,10-11H2,1H3. The molecule has 1 atom stereocenters. The van der Waals surface area contributed by atoms with Crippen LogP contribution in [-0.2, 0) is 4.74 Å². The number of hydrogen-bond acceptors (Lipinski definition) is 2. The van der Waals surface area contributed by atoms with Crippen LogP contribution < -0.4 is 4.90 Å². The van der Waals surface area contributed by atoms with Gasteiger partial charge in [-0.25, -0.2) is 0 Å². The summed E-state index contributed by atoms with van der Waals surface area (Å²) in [7, 11) is 0. The van der Waals surface area contributed by atoms with Crippen LogP contribution in [0, 0.1) is 6.07 Å². The van der Waals surface area contributed by atoms with Crippen LogP contribution in [-0.4, -0.2) is 19.4 Å². The Morgan fingerprint density at radius 3 is 3.13 bits per heavy atom. The van der Waals surface area contributed by atoms with Crippen molar-refractivity contribution in [3.8, 4) is 0 Å². The molecule has 1 saturated heterocycles. The summed E-state index contributed by atoms with van der Waals surface area (Å²) in [4.78, 5) is 2.33. The first-order chi connectivity index (χ1) is 7.42. The van der Waals surface area contributed by atoms with Crippen LogP contribution in [0.2, 0.25) is 0 Å². The molecular formula is C13H18NO. The monoisotopic (exact) mass is 204 g/mol. The van der Waals surface area contributed by atoms with Gasteiger partial charge in [-0.2, -0.15) is 0 Å². The number of hydrogen-bond donors (Lipinski definition) is 0. The lowest BCUT2D eigenvalue weighted by Crippen LogP contribution is -2.41. The van der Waals surface area contributed by atoms with Crippen molar-refractivity contribution >= 4 is 5.69 Å². The molecule has 1 aliphatic heterocycles. The predicted octanol–water partition coefficient (Wildman–Crippen LogP) is 2.84. The van der Waals surface area contributed by atoms with Gasteiger partial charge in [0.25, 0.3) is 0 Å². The van der Waals surface area contributed by atoms with Gasteiger partial charge in [-0.1, -0.05) is 18.2 Å². The van der Waals surface area contributed by atoms with E-state index in [1.165, 1.54) is 12.8 Å². The summed E-state index contributed by atoms with van der Waals surface area (Å²) in [6.45, 7) is 3.93. The van der Waals surface area contributed by atoms with Gasteiger partial charge in [-0.15, -0.1) is 0 Å². The van der Waals surface area contributed by atoms with Crippen LogP contribution in [0.3, 0.4) is 0 Å². The minimum absolute atomic E-state index is 0.252. The van der Waals surface area contributed by atoms with E-state index in [0.29, 0.717) is 0 Å². The third kappa shape index (κ3) is 2.51. The normalized spacial score (nSPS) is 21.7. The molecular weight excluding hydrogens is 186 g/mol. The van der Waals surface area contributed by atoms with E-state index in [1.54, 1.807) is 0 Å². The zero-order valence-electron chi connectivity index (χ0n) is 9.28. The first-order valence-electron chi connectivity index (χ1n) is 5.77. The lowest BCUT2D eigenvalue weighted by Gasteiger charge is -2.36. The van der Waals surface area contributed by atoms with E-state index in [2.05, 4.69) is 30.0 Å². The molecule has 1 radical (unpaired) electrons. The maximum atomic E-state index is 5.76. The smallest absolute Gasteiger partial charge is 0.130 e. The fraction of sp³-hybridized carbons (Fsp3) is 0.538. The Morgan fingerprint density at radius 1 is 1.47 bits per heavy atom. The van der Waals surface area contributed by atoms with Crippen LogP contribution in [0.25, 0.3) is 0 Å². The number of benzene rings is 1. The van der Waals surface area contributed by atoms with Crippen molar-refractivity contribution in [1.29, 1.82) is 0 Å². The third-order valence-corrected chi connectivity index (χ3v) is 2.81. The SMILES string of the molecule is CCOC1CCCCN1c1[c]cccc1. The second kappa shape index (κ2) is 5.17. The van der Waals surface area contributed by atoms with Gasteiger partial charge in [0.15, 0.2) is 0 Å². The minimum Gasteiger partial charge on any atom is -0.359 e. The van der Waals surface area contributed by atoms with Crippen molar-refractivity contribution in [2.75, 3.05) is 18.1 Å². The average Bonchev–Trinajstić information content (AvgIpc) is 2.31. The Morgan fingerprint density at radius 2 is 2.40 bits per heavy atom. The molecule has 81 valence electrons. The lowest BCUT2D eigenvalue weighted by atomic mass is 10.1. The van der Waals surface area contributed by atoms with E-state index < -0.39 is 0 Å². The van der Waals surface area contributed by atoms with E-state index in [9.17, 15) is 0 Å². The molecule has 1 unspecified atom stereocenters. The number of piperidine rings is 1. The molecule has 1 aromatic carbocycles. The lowest BCUT2D eigenvalue weighted by molar-refractivity contribution is 0.0432. The molecule has 2 heteroatoms. The molecule has 0 spiro atoms. The fourth-order valence-corrected chi connectivity index (χ4v) is 2.10. The summed E-state index contributed by atoms with van der Waals surface area (Å²) in [6.07, 6.45) is 3.92. The number of para-hydroxylation sites is 1. The van der Waals surface area contributed by atoms with Gasteiger partial charge in [-0.3, -0.25) is 0 Å². The second-order valence-corrected chi connectivity index (χ2v) is 3.85. The zero-order chi connectivity index (χ0) is 10.5. The highest BCUT2D eigenvalue weighted by atomic mass is 16.5. The largest absolute Gasteiger partial charge is 0.359 e. The minimum atomic E-state index is 0.252. The van der Waals surface area contributed by atoms with E-state index in [0.717, 1.165) is 25.3 Å². The molecule has 0 amide bonds. The Labute approximate surface area is 91.9 Å². The third-order valence-electron chi connectivity index (χ3n) is 2.81. The van der Waals surface area contributed by atoms with E-state index in [1.807, 2.05) is 12.1 Å². The molecule has 15 heavy (non-hydrogen) atoms. The maximum absolute atomic E-state index is 5.76. The molecule has 0 bridgehead atoms. The molecule has 2 rings (SSSR count). The maximum Gasteiger partial charge on any atom is 0.130 e. The van der Waals surface area contributed by atoms with Gasteiger partial charge in [0, 0.05) is 24.9 Å². The number of rotatable bonds is 3. The summed E-state index contributed by atoms with van der Waals surface area (Å²) in [5.41, 5.74) is 1.16. The van der Waals surface area contributed by atoms with Crippen molar-refractivity contribution in [2.45, 2.75) is 32.4 Å². The Hall–Kier alpha value is -1.02. The van der Waals surface area contributed by atoms with Crippen molar-refractivity contribution in [3.05, 3.63) is 30.3 Å². The second-order valence-electron chi connectivity index (χ2n) is 3.85. The van der Waals surface area contributed by atoms with Gasteiger partial charge >= 0.3 is 0 Å². The first-order valence-corrected chi connectivity index (χ1v) is 5.77. The van der Waals surface area contributed by atoms with E-state index in [-0.39, 0.29) is 6.23 Å². The van der Waals surface area contributed by atoms with Crippen LogP contribution in [0.15, 0.2) is 24.3 Å². The van der Waals surface area contributed by atoms with Crippen LogP contribution in [0.4, 0.5) is 5.69 Å². The summed E-state index contributed by atoms with van der Waals surface area (Å²) in [5.74, 6) is 0. The molecule has 1 fully saturated rings. The molecule has 1 heterocycles. The zero-order valence-corrected chi connectivity index (χ0v) is 9.28. The van der Waals surface area contributed by atoms with Gasteiger partial charge in [0.1, 0.15) is 6.23 Å². The highest BCUT2D eigenvalue weighted by Crippen LogP contribution is 2.24. The van der Waals surface area contributed by atoms with Gasteiger partial charge in [0.2, 0.25) is 0 Å².